The van der Waals surface area contributed by atoms with E-state index in [0.29, 0.717) is 6.54 Å². The van der Waals surface area contributed by atoms with Gasteiger partial charge in [0.1, 0.15) is 0 Å². The van der Waals surface area contributed by atoms with Crippen LogP contribution in [0.1, 0.15) is 0 Å². The molecule has 2 aliphatic heterocycles. The maximum absolute atomic E-state index is 12.4. The minimum atomic E-state index is -0.418. The van der Waals surface area contributed by atoms with Crippen molar-refractivity contribution >= 4 is 24.2 Å². The van der Waals surface area contributed by atoms with Crippen molar-refractivity contribution in [1.82, 2.24) is 16.2 Å². The lowest BCUT2D eigenvalue weighted by atomic mass is 10.0. The van der Waals surface area contributed by atoms with Crippen LogP contribution in [0, 0.1) is 5.92 Å². The Bertz CT molecular complexity index is 427. The van der Waals surface area contributed by atoms with Crippen molar-refractivity contribution in [3.8, 4) is 0 Å². The van der Waals surface area contributed by atoms with Crippen LogP contribution in [-0.2, 0) is 17.4 Å². The Morgan fingerprint density at radius 2 is 2.06 bits per heavy atom. The quantitative estimate of drug-likeness (QED) is 0.586. The Morgan fingerprint density at radius 1 is 1.29 bits per heavy atom. The van der Waals surface area contributed by atoms with E-state index >= 15 is 0 Å². The maximum Gasteiger partial charge on any atom is 0.234 e. The van der Waals surface area contributed by atoms with Gasteiger partial charge in [0.2, 0.25) is 5.91 Å². The number of nitrogens with one attached hydrogen (secondary N) is 3. The summed E-state index contributed by atoms with van der Waals surface area (Å²) in [5, 5.41) is 3.20. The molecule has 5 nitrogen and oxygen atoms in total. The van der Waals surface area contributed by atoms with Crippen molar-refractivity contribution in [2.75, 3.05) is 11.4 Å². The second-order valence-corrected chi connectivity index (χ2v) is 4.62. The number of anilines is 1. The van der Waals surface area contributed by atoms with E-state index in [1.54, 1.807) is 4.90 Å². The highest BCUT2D eigenvalue weighted by Crippen LogP contribution is 2.24. The van der Waals surface area contributed by atoms with Gasteiger partial charge in [0, 0.05) is 12.2 Å². The Kier molecular flexibility index (Phi) is 2.79. The molecule has 3 atom stereocenters. The molecule has 0 bridgehead atoms. The van der Waals surface area contributed by atoms with Crippen LogP contribution in [0.2, 0.25) is 0 Å². The first-order chi connectivity index (χ1) is 8.27. The van der Waals surface area contributed by atoms with Gasteiger partial charge in [-0.15, -0.1) is 0 Å². The van der Waals surface area contributed by atoms with Crippen LogP contribution in [0.15, 0.2) is 30.3 Å². The number of carbonyl (C=O) groups excluding carboxylic acids is 1. The van der Waals surface area contributed by atoms with Crippen molar-refractivity contribution in [1.29, 1.82) is 0 Å². The fourth-order valence-electron chi connectivity index (χ4n) is 2.26. The number of rotatable bonds is 1. The molecule has 3 rings (SSSR count). The second kappa shape index (κ2) is 4.30. The molecule has 0 saturated carbocycles. The lowest BCUT2D eigenvalue weighted by molar-refractivity contribution is -0.124. The van der Waals surface area contributed by atoms with Crippen molar-refractivity contribution in [2.45, 2.75) is 11.7 Å². The summed E-state index contributed by atoms with van der Waals surface area (Å²) in [5.41, 5.74) is 6.42. The molecule has 0 aliphatic carbocycles. The highest BCUT2D eigenvalue weighted by atomic mass is 32.1. The standard InChI is InChI=1S/C11H14N4OS/c16-10-8-6-12-14-9(8)13-11(17)15(10)7-4-2-1-3-5-7/h1-5,8-9,11-14,17H,6H2/p-1. The van der Waals surface area contributed by atoms with Crippen LogP contribution in [-0.4, -0.2) is 24.1 Å². The SMILES string of the molecule is O=C1C2CNNC2NC([S-])N1c1ccccc1. The minimum absolute atomic E-state index is 0.0648. The summed E-state index contributed by atoms with van der Waals surface area (Å²) < 4.78 is 0. The zero-order valence-corrected chi connectivity index (χ0v) is 9.91. The summed E-state index contributed by atoms with van der Waals surface area (Å²) >= 11 is 5.32. The highest BCUT2D eigenvalue weighted by Gasteiger charge is 2.40. The Hall–Kier alpha value is -1.08. The van der Waals surface area contributed by atoms with E-state index in [1.165, 1.54) is 0 Å². The fraction of sp³-hybridized carbons (Fsp3) is 0.364. The summed E-state index contributed by atoms with van der Waals surface area (Å²) in [6.45, 7) is 0.627. The second-order valence-electron chi connectivity index (χ2n) is 4.17. The first-order valence-electron chi connectivity index (χ1n) is 5.56. The largest absolute Gasteiger partial charge is 0.752 e. The third-order valence-corrected chi connectivity index (χ3v) is 3.47. The number of benzene rings is 1. The monoisotopic (exact) mass is 249 g/mol. The summed E-state index contributed by atoms with van der Waals surface area (Å²) in [4.78, 5) is 14.0. The van der Waals surface area contributed by atoms with E-state index in [4.69, 9.17) is 12.6 Å². The van der Waals surface area contributed by atoms with Gasteiger partial charge in [-0.05, 0) is 17.6 Å². The van der Waals surface area contributed by atoms with Crippen molar-refractivity contribution in [3.63, 3.8) is 0 Å². The van der Waals surface area contributed by atoms with Gasteiger partial charge in [0.15, 0.2) is 0 Å². The van der Waals surface area contributed by atoms with Crippen LogP contribution >= 0.6 is 0 Å². The average molecular weight is 249 g/mol. The van der Waals surface area contributed by atoms with Gasteiger partial charge in [-0.25, -0.2) is 5.43 Å². The zero-order chi connectivity index (χ0) is 11.8. The van der Waals surface area contributed by atoms with Crippen LogP contribution in [0.25, 0.3) is 0 Å². The molecule has 2 fully saturated rings. The van der Waals surface area contributed by atoms with Crippen molar-refractivity contribution < 1.29 is 4.79 Å². The lowest BCUT2D eigenvalue weighted by Gasteiger charge is -2.46. The van der Waals surface area contributed by atoms with E-state index in [-0.39, 0.29) is 18.0 Å². The molecule has 2 saturated heterocycles. The summed E-state index contributed by atoms with van der Waals surface area (Å²) in [6.07, 6.45) is -0.0648. The molecule has 0 spiro atoms. The fourth-order valence-corrected chi connectivity index (χ4v) is 2.63. The minimum Gasteiger partial charge on any atom is -0.752 e. The van der Waals surface area contributed by atoms with E-state index in [0.717, 1.165) is 5.69 Å². The smallest absolute Gasteiger partial charge is 0.234 e. The van der Waals surface area contributed by atoms with Crippen LogP contribution in [0.4, 0.5) is 5.69 Å². The van der Waals surface area contributed by atoms with Gasteiger partial charge in [-0.3, -0.25) is 10.2 Å². The number of hydrazine groups is 1. The molecule has 2 aliphatic rings. The zero-order valence-electron chi connectivity index (χ0n) is 9.09. The molecule has 0 radical (unpaired) electrons. The van der Waals surface area contributed by atoms with Gasteiger partial charge in [0.05, 0.1) is 12.1 Å². The first kappa shape index (κ1) is 11.0. The van der Waals surface area contributed by atoms with Gasteiger partial charge in [0.25, 0.3) is 0 Å². The van der Waals surface area contributed by atoms with Gasteiger partial charge < -0.3 is 22.8 Å². The third kappa shape index (κ3) is 1.83. The summed E-state index contributed by atoms with van der Waals surface area (Å²) in [5.74, 6) is -0.0353. The molecule has 6 heteroatoms. The summed E-state index contributed by atoms with van der Waals surface area (Å²) in [6, 6.07) is 9.53. The molecule has 0 aromatic heterocycles. The molecular weight excluding hydrogens is 236 g/mol. The number of fused-ring (bicyclic) bond motifs is 1. The van der Waals surface area contributed by atoms with E-state index in [2.05, 4.69) is 16.2 Å². The molecule has 17 heavy (non-hydrogen) atoms. The first-order valence-corrected chi connectivity index (χ1v) is 6.03. The highest BCUT2D eigenvalue weighted by molar-refractivity contribution is 7.59. The average Bonchev–Trinajstić information content (AvgIpc) is 2.78. The number of carbonyl (C=O) groups is 1. The number of nitrogens with zero attached hydrogens (tertiary/aromatic N) is 1. The normalized spacial score (nSPS) is 32.6. The van der Waals surface area contributed by atoms with E-state index in [1.807, 2.05) is 30.3 Å². The number of hydrogen-bond donors (Lipinski definition) is 3. The Balaban J connectivity index is 1.91. The van der Waals surface area contributed by atoms with Crippen LogP contribution < -0.4 is 21.1 Å². The lowest BCUT2D eigenvalue weighted by Crippen LogP contribution is -2.64. The number of para-hydroxylation sites is 1. The Morgan fingerprint density at radius 3 is 2.82 bits per heavy atom. The third-order valence-electron chi connectivity index (χ3n) is 3.13. The van der Waals surface area contributed by atoms with Crippen molar-refractivity contribution in [2.24, 2.45) is 5.92 Å². The molecule has 1 aromatic carbocycles. The van der Waals surface area contributed by atoms with Gasteiger partial charge >= 0.3 is 0 Å². The van der Waals surface area contributed by atoms with Crippen molar-refractivity contribution in [3.05, 3.63) is 30.3 Å². The molecule has 1 amide bonds. The van der Waals surface area contributed by atoms with Gasteiger partial charge in [-0.2, -0.15) is 0 Å². The van der Waals surface area contributed by atoms with Gasteiger partial charge in [-0.1, -0.05) is 18.2 Å². The predicted molar refractivity (Wildman–Crippen MR) is 66.6 cm³/mol. The Labute approximate surface area is 105 Å². The molecule has 1 aromatic rings. The maximum atomic E-state index is 12.4. The number of amides is 1. The summed E-state index contributed by atoms with van der Waals surface area (Å²) in [7, 11) is 0. The number of hydrogen-bond acceptors (Lipinski definition) is 5. The van der Waals surface area contributed by atoms with E-state index in [9.17, 15) is 4.79 Å². The van der Waals surface area contributed by atoms with Crippen LogP contribution in [0.3, 0.4) is 0 Å². The molecule has 3 N–H and O–H groups in total. The molecule has 90 valence electrons. The topological polar surface area (TPSA) is 56.4 Å². The molecular formula is C11H13N4OS-. The molecule has 3 unspecified atom stereocenters. The van der Waals surface area contributed by atoms with Crippen LogP contribution in [0.5, 0.6) is 0 Å². The predicted octanol–water partition coefficient (Wildman–Crippen LogP) is -0.497. The molecule has 2 heterocycles. The van der Waals surface area contributed by atoms with E-state index < -0.39 is 5.50 Å².